The van der Waals surface area contributed by atoms with Gasteiger partial charge in [-0.25, -0.2) is 0 Å². The molecule has 0 radical (unpaired) electrons. The molecule has 0 saturated carbocycles. The number of hydrogen-bond donors (Lipinski definition) is 0. The lowest BCUT2D eigenvalue weighted by atomic mass is 9.33. The van der Waals surface area contributed by atoms with Crippen LogP contribution in [0.2, 0.25) is 0 Å². The van der Waals surface area contributed by atoms with Crippen LogP contribution in [0.3, 0.4) is 0 Å². The SMILES string of the molecule is [2H]c1cc2c3c(c1)N(c1cc([2H])c(C(C)(C)C)c([2H])c1)c1cc([2H])c(C(C)(C)C)c([2H])c1B3c1c(cc([2H])c(C(C)(C)C)c1[2H])N2c1cc([2H])c(C(C)(C)C)c([2H])c1. The average molecular weight is 654 g/mol. The molecule has 49 heavy (non-hydrogen) atoms. The maximum Gasteiger partial charge on any atom is 0.252 e. The smallest absolute Gasteiger partial charge is 0.252 e. The number of hydrogen-bond acceptors (Lipinski definition) is 2. The topological polar surface area (TPSA) is 6.48 Å². The summed E-state index contributed by atoms with van der Waals surface area (Å²) >= 11 is 0. The maximum absolute atomic E-state index is 10.1. The van der Waals surface area contributed by atoms with Crippen LogP contribution in [0.4, 0.5) is 34.1 Å². The zero-order valence-electron chi connectivity index (χ0n) is 40.1. The maximum atomic E-state index is 10.1. The zero-order valence-corrected chi connectivity index (χ0v) is 31.1. The summed E-state index contributed by atoms with van der Waals surface area (Å²) in [7, 11) is 0. The van der Waals surface area contributed by atoms with Crippen LogP contribution in [0.1, 0.15) is 118 Å². The van der Waals surface area contributed by atoms with Crippen LogP contribution in [0.5, 0.6) is 0 Å². The van der Waals surface area contributed by atoms with E-state index in [1.165, 1.54) is 0 Å². The van der Waals surface area contributed by atoms with Crippen molar-refractivity contribution in [3.05, 3.63) is 125 Å². The average Bonchev–Trinajstić information content (AvgIpc) is 3.00. The summed E-state index contributed by atoms with van der Waals surface area (Å²) in [5, 5.41) is 0. The number of rotatable bonds is 2. The first-order valence-electron chi connectivity index (χ1n) is 21.8. The fourth-order valence-corrected chi connectivity index (χ4v) is 6.80. The molecule has 5 aromatic rings. The Labute approximate surface area is 308 Å². The van der Waals surface area contributed by atoms with Crippen molar-refractivity contribution in [2.75, 3.05) is 9.80 Å². The molecule has 0 atom stereocenters. The Morgan fingerprint density at radius 1 is 0.429 bits per heavy atom. The van der Waals surface area contributed by atoms with E-state index in [0.29, 0.717) is 72.8 Å². The van der Waals surface area contributed by atoms with Crippen molar-refractivity contribution < 1.29 is 12.3 Å². The predicted octanol–water partition coefficient (Wildman–Crippen LogP) is 11.0. The molecular weight excluding hydrogens is 591 g/mol. The van der Waals surface area contributed by atoms with Gasteiger partial charge >= 0.3 is 0 Å². The molecule has 7 rings (SSSR count). The van der Waals surface area contributed by atoms with Gasteiger partial charge in [-0.15, -0.1) is 0 Å². The summed E-state index contributed by atoms with van der Waals surface area (Å²) in [5.74, 6) is 0. The van der Waals surface area contributed by atoms with E-state index in [0.717, 1.165) is 0 Å². The van der Waals surface area contributed by atoms with Crippen molar-refractivity contribution in [2.24, 2.45) is 0 Å². The molecule has 0 N–H and O–H groups in total. The molecule has 0 amide bonds. The molecule has 2 nitrogen and oxygen atoms in total. The minimum Gasteiger partial charge on any atom is -0.311 e. The Balaban J connectivity index is 1.70. The van der Waals surface area contributed by atoms with Crippen LogP contribution in [0.15, 0.2) is 103 Å². The first-order valence-corrected chi connectivity index (χ1v) is 17.3. The summed E-state index contributed by atoms with van der Waals surface area (Å²) in [4.78, 5) is 3.75. The minimum atomic E-state index is -0.744. The van der Waals surface area contributed by atoms with Gasteiger partial charge in [-0.05, 0) is 109 Å². The predicted molar refractivity (Wildman–Crippen MR) is 215 cm³/mol. The Kier molecular flexibility index (Phi) is 5.46. The van der Waals surface area contributed by atoms with E-state index in [4.69, 9.17) is 0 Å². The lowest BCUT2D eigenvalue weighted by Gasteiger charge is -2.45. The van der Waals surface area contributed by atoms with Crippen LogP contribution in [-0.4, -0.2) is 6.71 Å². The van der Waals surface area contributed by atoms with E-state index < -0.39 is 28.4 Å². The molecule has 0 saturated heterocycles. The van der Waals surface area contributed by atoms with Crippen molar-refractivity contribution in [1.82, 2.24) is 0 Å². The summed E-state index contributed by atoms with van der Waals surface area (Å²) in [5.41, 5.74) is 4.97. The van der Waals surface area contributed by atoms with Gasteiger partial charge in [0.25, 0.3) is 6.71 Å². The first kappa shape index (κ1) is 24.0. The van der Waals surface area contributed by atoms with Gasteiger partial charge in [-0.1, -0.05) is 137 Å². The standard InChI is InChI=1S/C46H53BN2/c1-43(2,3)30-16-22-34(23-17-30)48-38-26-20-32(45(7,8)9)28-36(38)47-37-29-33(46(10,11)12)21-27-39(37)49(41-15-13-14-40(48)42(41)47)35-24-18-31(19-25-35)44(4,5)6/h13-29H,1-12H3/i13D,16D,17D,18D,19D,20D,21D,28D,29D. The van der Waals surface area contributed by atoms with Crippen molar-refractivity contribution in [3.8, 4) is 0 Å². The molecule has 2 heterocycles. The molecule has 0 fully saturated rings. The Bertz CT molecular complexity index is 2350. The van der Waals surface area contributed by atoms with Crippen molar-refractivity contribution in [3.63, 3.8) is 0 Å². The molecule has 0 spiro atoms. The Hall–Kier alpha value is -4.24. The molecular formula is C46H53BN2. The Morgan fingerprint density at radius 3 is 1.08 bits per heavy atom. The van der Waals surface area contributed by atoms with Gasteiger partial charge in [0.05, 0.1) is 12.3 Å². The van der Waals surface area contributed by atoms with Gasteiger partial charge in [0, 0.05) is 34.1 Å². The largest absolute Gasteiger partial charge is 0.311 e. The van der Waals surface area contributed by atoms with Crippen molar-refractivity contribution in [1.29, 1.82) is 0 Å². The van der Waals surface area contributed by atoms with Crippen LogP contribution < -0.4 is 26.2 Å². The molecule has 0 aromatic heterocycles. The van der Waals surface area contributed by atoms with Crippen molar-refractivity contribution in [2.45, 2.75) is 105 Å². The monoisotopic (exact) mass is 653 g/mol. The molecule has 3 heteroatoms. The number of anilines is 6. The highest BCUT2D eigenvalue weighted by atomic mass is 15.2. The number of nitrogens with zero attached hydrogens (tertiary/aromatic N) is 2. The highest BCUT2D eigenvalue weighted by molar-refractivity contribution is 7.00. The third-order valence-corrected chi connectivity index (χ3v) is 9.57. The fraction of sp³-hybridized carbons (Fsp3) is 0.348. The number of benzene rings is 5. The lowest BCUT2D eigenvalue weighted by molar-refractivity contribution is 0.590. The molecule has 250 valence electrons. The van der Waals surface area contributed by atoms with Crippen molar-refractivity contribution >= 4 is 57.2 Å². The molecule has 0 bridgehead atoms. The van der Waals surface area contributed by atoms with Gasteiger partial charge in [-0.2, -0.15) is 0 Å². The van der Waals surface area contributed by atoms with E-state index in [1.54, 1.807) is 48.5 Å². The van der Waals surface area contributed by atoms with Gasteiger partial charge < -0.3 is 9.80 Å². The first-order chi connectivity index (χ1) is 26.5. The van der Waals surface area contributed by atoms with Gasteiger partial charge in [0.1, 0.15) is 0 Å². The summed E-state index contributed by atoms with van der Waals surface area (Å²) in [6, 6.07) is 15.4. The highest BCUT2D eigenvalue weighted by Crippen LogP contribution is 2.45. The van der Waals surface area contributed by atoms with Gasteiger partial charge in [0.2, 0.25) is 0 Å². The quantitative estimate of drug-likeness (QED) is 0.171. The van der Waals surface area contributed by atoms with Crippen LogP contribution in [0.25, 0.3) is 0 Å². The van der Waals surface area contributed by atoms with E-state index in [1.807, 2.05) is 92.9 Å². The molecule has 2 aliphatic rings. The molecule has 0 aliphatic carbocycles. The molecule has 0 unspecified atom stereocenters. The zero-order chi connectivity index (χ0) is 43.1. The molecule has 2 aliphatic heterocycles. The van der Waals surface area contributed by atoms with Crippen LogP contribution in [0, 0.1) is 0 Å². The highest BCUT2D eigenvalue weighted by Gasteiger charge is 2.44. The van der Waals surface area contributed by atoms with Gasteiger partial charge in [-0.3, -0.25) is 0 Å². The third-order valence-electron chi connectivity index (χ3n) is 9.57. The Morgan fingerprint density at radius 2 is 0.755 bits per heavy atom. The van der Waals surface area contributed by atoms with E-state index in [2.05, 4.69) is 0 Å². The third kappa shape index (κ3) is 5.70. The normalized spacial score (nSPS) is 17.0. The van der Waals surface area contributed by atoms with Crippen LogP contribution in [-0.2, 0) is 21.7 Å². The summed E-state index contributed by atoms with van der Waals surface area (Å²) in [6.45, 7) is 23.0. The lowest BCUT2D eigenvalue weighted by Crippen LogP contribution is -2.61. The minimum absolute atomic E-state index is 0.147. The fourth-order valence-electron chi connectivity index (χ4n) is 6.80. The second kappa shape index (κ2) is 11.1. The van der Waals surface area contributed by atoms with Gasteiger partial charge in [0.15, 0.2) is 0 Å². The van der Waals surface area contributed by atoms with E-state index >= 15 is 0 Å². The summed E-state index contributed by atoms with van der Waals surface area (Å²) in [6.07, 6.45) is 0. The second-order valence-electron chi connectivity index (χ2n) is 17.7. The second-order valence-corrected chi connectivity index (χ2v) is 17.7. The van der Waals surface area contributed by atoms with Crippen LogP contribution >= 0.6 is 0 Å². The number of fused-ring (bicyclic) bond motifs is 4. The molecule has 5 aromatic carbocycles. The van der Waals surface area contributed by atoms with E-state index in [9.17, 15) is 12.3 Å². The van der Waals surface area contributed by atoms with E-state index in [-0.39, 0.29) is 54.4 Å². The summed E-state index contributed by atoms with van der Waals surface area (Å²) < 4.78 is 84.9.